The van der Waals surface area contributed by atoms with Gasteiger partial charge in [0.1, 0.15) is 26.4 Å². The van der Waals surface area contributed by atoms with E-state index in [2.05, 4.69) is 12.2 Å². The molecule has 0 heterocycles. The van der Waals surface area contributed by atoms with Gasteiger partial charge in [-0.2, -0.15) is 0 Å². The maximum absolute atomic E-state index is 12.3. The summed E-state index contributed by atoms with van der Waals surface area (Å²) in [4.78, 5) is 47.1. The van der Waals surface area contributed by atoms with Crippen molar-refractivity contribution in [1.82, 2.24) is 5.32 Å². The third kappa shape index (κ3) is 15.8. The molecule has 1 fully saturated rings. The van der Waals surface area contributed by atoms with E-state index in [4.69, 9.17) is 23.7 Å². The number of rotatable bonds is 21. The van der Waals surface area contributed by atoms with Gasteiger partial charge in [0.05, 0.1) is 31.5 Å². The number of aliphatic hydroxyl groups is 1. The van der Waals surface area contributed by atoms with Gasteiger partial charge >= 0.3 is 17.9 Å². The maximum atomic E-state index is 12.3. The van der Waals surface area contributed by atoms with E-state index in [1.165, 1.54) is 20.0 Å². The molecule has 0 spiro atoms. The van der Waals surface area contributed by atoms with Crippen molar-refractivity contribution in [2.75, 3.05) is 59.8 Å². The number of methoxy groups -OCH3 is 1. The van der Waals surface area contributed by atoms with Crippen molar-refractivity contribution < 1.29 is 48.0 Å². The van der Waals surface area contributed by atoms with Crippen molar-refractivity contribution in [3.63, 3.8) is 0 Å². The molecule has 0 saturated heterocycles. The average molecular weight is 560 g/mol. The van der Waals surface area contributed by atoms with E-state index < -0.39 is 22.8 Å². The number of aliphatic hydroxyl groups excluding tert-OH is 1. The first-order valence-corrected chi connectivity index (χ1v) is 13.9. The summed E-state index contributed by atoms with van der Waals surface area (Å²) in [6, 6.07) is 0. The predicted octanol–water partition coefficient (Wildman–Crippen LogP) is 2.42. The first-order chi connectivity index (χ1) is 18.5. The van der Waals surface area contributed by atoms with Crippen LogP contribution in [0.4, 0.5) is 0 Å². The molecule has 1 aliphatic rings. The van der Waals surface area contributed by atoms with E-state index >= 15 is 0 Å². The molecule has 0 aliphatic heterocycles. The number of ether oxygens (including phenoxy) is 5. The second-order valence-electron chi connectivity index (χ2n) is 11.5. The van der Waals surface area contributed by atoms with Crippen LogP contribution in [-0.4, -0.2) is 89.3 Å². The molecule has 2 N–H and O–H groups in total. The highest BCUT2D eigenvalue weighted by atomic mass is 16.6. The van der Waals surface area contributed by atoms with Gasteiger partial charge in [0.15, 0.2) is 0 Å². The molecular weight excluding hydrogens is 510 g/mol. The number of hydrogen-bond donors (Lipinski definition) is 2. The van der Waals surface area contributed by atoms with E-state index in [0.29, 0.717) is 31.9 Å². The van der Waals surface area contributed by atoms with Gasteiger partial charge in [-0.15, -0.1) is 0 Å². The number of esters is 3. The Morgan fingerprint density at radius 2 is 1.33 bits per heavy atom. The second kappa shape index (κ2) is 18.9. The van der Waals surface area contributed by atoms with Crippen LogP contribution in [0.15, 0.2) is 0 Å². The number of hydrogen-bond acceptors (Lipinski definition) is 11. The lowest BCUT2D eigenvalue weighted by Gasteiger charge is -2.28. The summed E-state index contributed by atoms with van der Waals surface area (Å²) in [7, 11) is 1.51. The minimum absolute atomic E-state index is 0.0330. The summed E-state index contributed by atoms with van der Waals surface area (Å²) in [5.74, 6) is 0.116. The van der Waals surface area contributed by atoms with E-state index in [1.807, 2.05) is 0 Å². The Labute approximate surface area is 232 Å². The van der Waals surface area contributed by atoms with Crippen molar-refractivity contribution >= 4 is 24.4 Å². The predicted molar refractivity (Wildman–Crippen MR) is 143 cm³/mol. The monoisotopic (exact) mass is 559 g/mol. The van der Waals surface area contributed by atoms with Crippen molar-refractivity contribution in [3.8, 4) is 0 Å². The summed E-state index contributed by atoms with van der Waals surface area (Å²) >= 11 is 0. The Bertz CT molecular complexity index is 740. The van der Waals surface area contributed by atoms with Crippen LogP contribution in [0.3, 0.4) is 0 Å². The largest absolute Gasteiger partial charge is 0.467 e. The lowest BCUT2D eigenvalue weighted by molar-refractivity contribution is -0.157. The molecule has 11 heteroatoms. The van der Waals surface area contributed by atoms with Crippen LogP contribution in [-0.2, 0) is 42.9 Å². The van der Waals surface area contributed by atoms with Gasteiger partial charge in [0.2, 0.25) is 0 Å². The zero-order valence-electron chi connectivity index (χ0n) is 24.2. The maximum Gasteiger partial charge on any atom is 0.307 e. The zero-order valence-corrected chi connectivity index (χ0v) is 24.2. The third-order valence-corrected chi connectivity index (χ3v) is 7.02. The number of carbonyl (C=O) groups excluding carboxylic acids is 4. The highest BCUT2D eigenvalue weighted by Crippen LogP contribution is 2.31. The van der Waals surface area contributed by atoms with Crippen LogP contribution in [0.1, 0.15) is 72.1 Å². The van der Waals surface area contributed by atoms with Gasteiger partial charge < -0.3 is 34.1 Å². The van der Waals surface area contributed by atoms with Crippen LogP contribution < -0.4 is 5.32 Å². The van der Waals surface area contributed by atoms with Crippen LogP contribution in [0.2, 0.25) is 0 Å². The van der Waals surface area contributed by atoms with E-state index in [1.54, 1.807) is 13.8 Å². The molecule has 0 bridgehead atoms. The molecule has 2 atom stereocenters. The van der Waals surface area contributed by atoms with Gasteiger partial charge in [0, 0.05) is 32.0 Å². The van der Waals surface area contributed by atoms with Crippen molar-refractivity contribution in [2.24, 2.45) is 22.7 Å². The fourth-order valence-electron chi connectivity index (χ4n) is 4.27. The third-order valence-electron chi connectivity index (χ3n) is 7.02. The molecule has 1 saturated carbocycles. The molecule has 0 aromatic carbocycles. The van der Waals surface area contributed by atoms with Crippen LogP contribution >= 0.6 is 0 Å². The van der Waals surface area contributed by atoms with Gasteiger partial charge in [0.25, 0.3) is 6.47 Å². The molecule has 11 nitrogen and oxygen atoms in total. The standard InChI is InChI=1S/C28H49NO10/c1-22-5-7-23(8-6-22)9-10-24(32)38-19-28(3,17-36-21-31)20-39-26(34)12-14-29-13-11-25(33)37-18-27(2,15-30)16-35-4/h21-23,29-30H,5-20H2,1-4H3. The fraction of sp³-hybridized carbons (Fsp3) is 0.857. The highest BCUT2D eigenvalue weighted by molar-refractivity contribution is 5.70. The van der Waals surface area contributed by atoms with E-state index in [0.717, 1.165) is 25.2 Å². The zero-order chi connectivity index (χ0) is 29.2. The average Bonchev–Trinajstić information content (AvgIpc) is 2.92. The van der Waals surface area contributed by atoms with E-state index in [-0.39, 0.29) is 58.5 Å². The van der Waals surface area contributed by atoms with E-state index in [9.17, 15) is 24.3 Å². The first-order valence-electron chi connectivity index (χ1n) is 13.9. The summed E-state index contributed by atoms with van der Waals surface area (Å²) in [5.41, 5.74) is -1.52. The van der Waals surface area contributed by atoms with Crippen LogP contribution in [0, 0.1) is 22.7 Å². The van der Waals surface area contributed by atoms with Crippen molar-refractivity contribution in [1.29, 1.82) is 0 Å². The Balaban J connectivity index is 2.28. The molecule has 39 heavy (non-hydrogen) atoms. The molecule has 0 aromatic rings. The molecule has 226 valence electrons. The Morgan fingerprint density at radius 1 is 0.821 bits per heavy atom. The molecular formula is C28H49NO10. The fourth-order valence-corrected chi connectivity index (χ4v) is 4.27. The molecule has 2 unspecified atom stereocenters. The summed E-state index contributed by atoms with van der Waals surface area (Å²) in [6.45, 7) is 6.62. The minimum atomic E-state index is -0.866. The molecule has 0 amide bonds. The SMILES string of the molecule is COCC(C)(CO)COC(=O)CCNCCC(=O)OCC(C)(COC=O)COC(=O)CCC1CCC(C)CC1. The van der Waals surface area contributed by atoms with Gasteiger partial charge in [-0.3, -0.25) is 19.2 Å². The molecule has 0 radical (unpaired) electrons. The number of carbonyl (C=O) groups is 4. The molecule has 1 aliphatic carbocycles. The Hall–Kier alpha value is -2.24. The lowest BCUT2D eigenvalue weighted by atomic mass is 9.81. The summed E-state index contributed by atoms with van der Waals surface area (Å²) in [5, 5.41) is 12.4. The first kappa shape index (κ1) is 34.8. The molecule has 0 aromatic heterocycles. The minimum Gasteiger partial charge on any atom is -0.467 e. The topological polar surface area (TPSA) is 147 Å². The highest BCUT2D eigenvalue weighted by Gasteiger charge is 2.30. The van der Waals surface area contributed by atoms with Gasteiger partial charge in [-0.05, 0) is 25.2 Å². The summed E-state index contributed by atoms with van der Waals surface area (Å²) in [6.07, 6.45) is 6.02. The Kier molecular flexibility index (Phi) is 16.9. The quantitative estimate of drug-likeness (QED) is 0.0925. The smallest absolute Gasteiger partial charge is 0.307 e. The lowest BCUT2D eigenvalue weighted by Crippen LogP contribution is -2.36. The Morgan fingerprint density at radius 3 is 1.82 bits per heavy atom. The molecule has 1 rings (SSSR count). The van der Waals surface area contributed by atoms with Gasteiger partial charge in [-0.1, -0.05) is 39.5 Å². The van der Waals surface area contributed by atoms with Crippen molar-refractivity contribution in [2.45, 2.75) is 72.1 Å². The second-order valence-corrected chi connectivity index (χ2v) is 11.5. The summed E-state index contributed by atoms with van der Waals surface area (Å²) < 4.78 is 25.9. The number of nitrogens with one attached hydrogen (secondary N) is 1. The van der Waals surface area contributed by atoms with Crippen molar-refractivity contribution in [3.05, 3.63) is 0 Å². The van der Waals surface area contributed by atoms with Crippen LogP contribution in [0.5, 0.6) is 0 Å². The normalized spacial score (nSPS) is 20.2. The van der Waals surface area contributed by atoms with Gasteiger partial charge in [-0.25, -0.2) is 0 Å². The van der Waals surface area contributed by atoms with Crippen LogP contribution in [0.25, 0.3) is 0 Å².